The molecule has 5 rings (SSSR count). The maximum Gasteiger partial charge on any atom is 0.243 e. The third kappa shape index (κ3) is 5.73. The molecule has 2 fully saturated rings. The number of fused-ring (bicyclic) bond motifs is 1. The molecule has 0 spiro atoms. The minimum absolute atomic E-state index is 0.162. The van der Waals surface area contributed by atoms with Crippen molar-refractivity contribution in [1.82, 2.24) is 20.3 Å². The molecule has 2 saturated heterocycles. The van der Waals surface area contributed by atoms with E-state index in [-0.39, 0.29) is 18.0 Å². The summed E-state index contributed by atoms with van der Waals surface area (Å²) in [6, 6.07) is 3.09. The largest absolute Gasteiger partial charge is 0.495 e. The minimum atomic E-state index is -0.240. The summed E-state index contributed by atoms with van der Waals surface area (Å²) in [4.78, 5) is 28.5. The van der Waals surface area contributed by atoms with Gasteiger partial charge in [0.25, 0.3) is 0 Å². The highest BCUT2D eigenvalue weighted by Crippen LogP contribution is 2.46. The maximum absolute atomic E-state index is 12.0. The summed E-state index contributed by atoms with van der Waals surface area (Å²) in [6.45, 7) is 6.87. The van der Waals surface area contributed by atoms with Crippen LogP contribution in [0.1, 0.15) is 6.42 Å². The molecule has 4 heterocycles. The maximum atomic E-state index is 12.0. The van der Waals surface area contributed by atoms with E-state index < -0.39 is 0 Å². The van der Waals surface area contributed by atoms with Crippen LogP contribution in [0.15, 0.2) is 31.0 Å². The van der Waals surface area contributed by atoms with Crippen molar-refractivity contribution in [2.24, 2.45) is 0 Å². The molecule has 2 N–H and O–H groups in total. The number of carbonyl (C=O) groups excluding carboxylic acids is 1. The standard InChI is InChI=1S/C27H30Cl2N6O5/c1-4-21(36)31-16-5-8-40-14-18(16)33-27-30-13-15-11-17(22-23(28)19(37-2)12-20(38-3)24(22)29)32-26(25(15)34-27)35-6-9-39-10-7-35/h4,11-13,16,18H,1,5-10,14H2,2-3H3,(H,31,36)(H,30,33,34)/t16-,18+/m0/s1. The average molecular weight is 589 g/mol. The monoisotopic (exact) mass is 588 g/mol. The van der Waals surface area contributed by atoms with Gasteiger partial charge in [0.1, 0.15) is 17.0 Å². The molecule has 13 heteroatoms. The minimum Gasteiger partial charge on any atom is -0.495 e. The third-order valence-electron chi connectivity index (χ3n) is 6.87. The Bertz CT molecular complexity index is 1390. The van der Waals surface area contributed by atoms with Crippen molar-refractivity contribution in [3.63, 3.8) is 0 Å². The van der Waals surface area contributed by atoms with E-state index in [4.69, 9.17) is 52.1 Å². The summed E-state index contributed by atoms with van der Waals surface area (Å²) >= 11 is 13.5. The Balaban J connectivity index is 1.59. The summed E-state index contributed by atoms with van der Waals surface area (Å²) in [5, 5.41) is 7.67. The molecular formula is C27H30Cl2N6O5. The Morgan fingerprint density at radius 2 is 1.80 bits per heavy atom. The summed E-state index contributed by atoms with van der Waals surface area (Å²) in [7, 11) is 3.05. The predicted octanol–water partition coefficient (Wildman–Crippen LogP) is 3.72. The summed E-state index contributed by atoms with van der Waals surface area (Å²) in [5.41, 5.74) is 1.66. The molecule has 1 aromatic carbocycles. The molecule has 3 aromatic rings. The highest BCUT2D eigenvalue weighted by molar-refractivity contribution is 6.41. The number of aromatic nitrogens is 3. The van der Waals surface area contributed by atoms with Crippen molar-refractivity contribution in [2.75, 3.05) is 64.0 Å². The van der Waals surface area contributed by atoms with Crippen molar-refractivity contribution in [3.05, 3.63) is 41.0 Å². The van der Waals surface area contributed by atoms with Crippen molar-refractivity contribution in [2.45, 2.75) is 18.5 Å². The van der Waals surface area contributed by atoms with E-state index in [0.717, 1.165) is 5.39 Å². The van der Waals surface area contributed by atoms with Gasteiger partial charge in [0.2, 0.25) is 11.9 Å². The topological polar surface area (TPSA) is 120 Å². The first-order chi connectivity index (χ1) is 19.4. The number of nitrogens with zero attached hydrogens (tertiary/aromatic N) is 4. The van der Waals surface area contributed by atoms with Gasteiger partial charge < -0.3 is 34.5 Å². The number of rotatable bonds is 8. The van der Waals surface area contributed by atoms with E-state index in [0.29, 0.717) is 96.0 Å². The lowest BCUT2D eigenvalue weighted by Crippen LogP contribution is -2.52. The second-order valence-electron chi connectivity index (χ2n) is 9.28. The van der Waals surface area contributed by atoms with Crippen LogP contribution in [0.2, 0.25) is 10.0 Å². The van der Waals surface area contributed by atoms with Crippen LogP contribution >= 0.6 is 23.2 Å². The van der Waals surface area contributed by atoms with Gasteiger partial charge in [-0.1, -0.05) is 29.8 Å². The smallest absolute Gasteiger partial charge is 0.243 e. The number of hydrogen-bond acceptors (Lipinski definition) is 10. The summed E-state index contributed by atoms with van der Waals surface area (Å²) < 4.78 is 22.2. The van der Waals surface area contributed by atoms with Crippen LogP contribution in [-0.2, 0) is 14.3 Å². The zero-order valence-corrected chi connectivity index (χ0v) is 23.7. The Hall–Kier alpha value is -3.38. The van der Waals surface area contributed by atoms with E-state index in [1.807, 2.05) is 6.07 Å². The molecule has 0 aliphatic carbocycles. The average Bonchev–Trinajstić information content (AvgIpc) is 2.98. The number of nitrogens with one attached hydrogen (secondary N) is 2. The molecular weight excluding hydrogens is 559 g/mol. The zero-order valence-electron chi connectivity index (χ0n) is 22.2. The van der Waals surface area contributed by atoms with Crippen molar-refractivity contribution >= 4 is 51.8 Å². The van der Waals surface area contributed by atoms with Gasteiger partial charge in [-0.25, -0.2) is 15.0 Å². The predicted molar refractivity (Wildman–Crippen MR) is 154 cm³/mol. The quantitative estimate of drug-likeness (QED) is 0.376. The number of ether oxygens (including phenoxy) is 4. The molecule has 212 valence electrons. The summed E-state index contributed by atoms with van der Waals surface area (Å²) in [5.74, 6) is 1.62. The van der Waals surface area contributed by atoms with E-state index in [9.17, 15) is 4.79 Å². The molecule has 2 aliphatic rings. The molecule has 11 nitrogen and oxygen atoms in total. The molecule has 0 saturated carbocycles. The van der Waals surface area contributed by atoms with Crippen LogP contribution in [-0.4, -0.2) is 86.7 Å². The fourth-order valence-electron chi connectivity index (χ4n) is 4.79. The lowest BCUT2D eigenvalue weighted by molar-refractivity contribution is -0.117. The second kappa shape index (κ2) is 12.4. The summed E-state index contributed by atoms with van der Waals surface area (Å²) in [6.07, 6.45) is 3.63. The number of methoxy groups -OCH3 is 2. The van der Waals surface area contributed by atoms with Gasteiger partial charge in [-0.2, -0.15) is 0 Å². The molecule has 0 bridgehead atoms. The lowest BCUT2D eigenvalue weighted by Gasteiger charge is -2.32. The van der Waals surface area contributed by atoms with Crippen LogP contribution in [0.4, 0.5) is 11.8 Å². The fraction of sp³-hybridized carbons (Fsp3) is 0.407. The van der Waals surface area contributed by atoms with E-state index >= 15 is 0 Å². The molecule has 40 heavy (non-hydrogen) atoms. The highest BCUT2D eigenvalue weighted by Gasteiger charge is 2.28. The molecule has 1 amide bonds. The Labute approximate surface area is 241 Å². The van der Waals surface area contributed by atoms with Gasteiger partial charge in [-0.3, -0.25) is 4.79 Å². The van der Waals surface area contributed by atoms with E-state index in [1.54, 1.807) is 12.3 Å². The van der Waals surface area contributed by atoms with Crippen LogP contribution in [0.25, 0.3) is 22.2 Å². The molecule has 2 aliphatic heterocycles. The van der Waals surface area contributed by atoms with Gasteiger partial charge in [-0.05, 0) is 18.6 Å². The first kappa shape index (κ1) is 28.2. The SMILES string of the molecule is C=CC(=O)N[C@H]1CCOC[C@H]1Nc1ncc2cc(-c3c(Cl)c(OC)cc(OC)c3Cl)nc(N3CCOCC3)c2n1. The first-order valence-electron chi connectivity index (χ1n) is 12.8. The van der Waals surface area contributed by atoms with Gasteiger partial charge in [-0.15, -0.1) is 0 Å². The zero-order chi connectivity index (χ0) is 28.2. The van der Waals surface area contributed by atoms with Crippen molar-refractivity contribution in [1.29, 1.82) is 0 Å². The molecule has 2 aromatic heterocycles. The molecule has 0 radical (unpaired) electrons. The van der Waals surface area contributed by atoms with Crippen LogP contribution in [0.3, 0.4) is 0 Å². The van der Waals surface area contributed by atoms with Crippen molar-refractivity contribution < 1.29 is 23.7 Å². The molecule has 0 unspecified atom stereocenters. The molecule has 2 atom stereocenters. The number of anilines is 2. The van der Waals surface area contributed by atoms with E-state index in [2.05, 4.69) is 27.1 Å². The van der Waals surface area contributed by atoms with E-state index in [1.165, 1.54) is 20.3 Å². The van der Waals surface area contributed by atoms with Crippen LogP contribution in [0.5, 0.6) is 11.5 Å². The number of carbonyl (C=O) groups is 1. The number of amides is 1. The van der Waals surface area contributed by atoms with Gasteiger partial charge in [0.15, 0.2) is 5.82 Å². The first-order valence-corrected chi connectivity index (χ1v) is 13.6. The highest BCUT2D eigenvalue weighted by atomic mass is 35.5. The van der Waals surface area contributed by atoms with Crippen molar-refractivity contribution in [3.8, 4) is 22.8 Å². The fourth-order valence-corrected chi connectivity index (χ4v) is 5.48. The number of pyridine rings is 1. The number of hydrogen-bond donors (Lipinski definition) is 2. The van der Waals surface area contributed by atoms with Crippen LogP contribution in [0, 0.1) is 0 Å². The van der Waals surface area contributed by atoms with Gasteiger partial charge >= 0.3 is 0 Å². The number of morpholine rings is 1. The van der Waals surface area contributed by atoms with Gasteiger partial charge in [0, 0.05) is 42.9 Å². The van der Waals surface area contributed by atoms with Gasteiger partial charge in [0.05, 0.1) is 61.9 Å². The Morgan fingerprint density at radius 3 is 2.48 bits per heavy atom. The van der Waals surface area contributed by atoms with Crippen LogP contribution < -0.4 is 25.0 Å². The Morgan fingerprint density at radius 1 is 1.07 bits per heavy atom. The third-order valence-corrected chi connectivity index (χ3v) is 7.62. The second-order valence-corrected chi connectivity index (χ2v) is 10.0. The lowest BCUT2D eigenvalue weighted by atomic mass is 10.0. The number of halogens is 2. The Kier molecular flexibility index (Phi) is 8.75. The number of benzene rings is 1. The normalized spacial score (nSPS) is 19.2.